The molecule has 2 amide bonds. The van der Waals surface area contributed by atoms with Gasteiger partial charge in [0.1, 0.15) is 6.04 Å². The summed E-state index contributed by atoms with van der Waals surface area (Å²) in [5, 5.41) is 8.57. The Morgan fingerprint density at radius 2 is 1.78 bits per heavy atom. The summed E-state index contributed by atoms with van der Waals surface area (Å²) < 4.78 is 2.16. The molecule has 0 aliphatic rings. The van der Waals surface area contributed by atoms with Gasteiger partial charge in [-0.1, -0.05) is 55.2 Å². The largest absolute Gasteiger partial charge is 0.344 e. The molecule has 2 N–H and O–H groups in total. The van der Waals surface area contributed by atoms with Gasteiger partial charge in [0, 0.05) is 33.7 Å². The van der Waals surface area contributed by atoms with Crippen LogP contribution >= 0.6 is 23.2 Å². The Balaban J connectivity index is 1.74. The second-order valence-corrected chi connectivity index (χ2v) is 9.00. The lowest BCUT2D eigenvalue weighted by Crippen LogP contribution is -2.48. The lowest BCUT2D eigenvalue weighted by Gasteiger charge is -2.20. The van der Waals surface area contributed by atoms with Crippen molar-refractivity contribution in [2.24, 2.45) is 11.0 Å². The van der Waals surface area contributed by atoms with Crippen LogP contribution in [0.5, 0.6) is 0 Å². The van der Waals surface area contributed by atoms with E-state index in [9.17, 15) is 9.59 Å². The van der Waals surface area contributed by atoms with E-state index in [4.69, 9.17) is 23.2 Å². The molecule has 1 aromatic heterocycles. The predicted octanol–water partition coefficient (Wildman–Crippen LogP) is 5.43. The fraction of sp³-hybridized carbons (Fsp3) is 0.292. The van der Waals surface area contributed by atoms with Gasteiger partial charge in [0.25, 0.3) is 11.8 Å². The van der Waals surface area contributed by atoms with E-state index < -0.39 is 17.9 Å². The molecule has 0 radical (unpaired) electrons. The molecular formula is C24H26Cl2N4O2. The highest BCUT2D eigenvalue weighted by Gasteiger charge is 2.25. The van der Waals surface area contributed by atoms with Crippen LogP contribution in [0.4, 0.5) is 0 Å². The Morgan fingerprint density at radius 3 is 2.44 bits per heavy atom. The molecule has 0 fully saturated rings. The van der Waals surface area contributed by atoms with E-state index in [1.165, 1.54) is 12.1 Å². The third-order valence-electron chi connectivity index (χ3n) is 5.12. The fourth-order valence-corrected chi connectivity index (χ4v) is 3.92. The fourth-order valence-electron chi connectivity index (χ4n) is 3.42. The van der Waals surface area contributed by atoms with Crippen LogP contribution in [0.25, 0.3) is 10.9 Å². The molecule has 8 heteroatoms. The number of amides is 2. The van der Waals surface area contributed by atoms with Crippen LogP contribution in [-0.4, -0.2) is 28.6 Å². The van der Waals surface area contributed by atoms with Crippen molar-refractivity contribution in [1.82, 2.24) is 15.3 Å². The molecule has 2 aromatic carbocycles. The Bertz CT molecular complexity index is 1170. The second kappa shape index (κ2) is 10.2. The summed E-state index contributed by atoms with van der Waals surface area (Å²) in [7, 11) is 0. The first-order chi connectivity index (χ1) is 15.2. The van der Waals surface area contributed by atoms with Gasteiger partial charge in [-0.3, -0.25) is 9.59 Å². The molecule has 0 saturated heterocycles. The SMILES string of the molecule is CC(C)[C@@H](NC(=O)c1ccc(Cl)cc1Cl)C(=O)N/N=C\c1cn(C(C)C)c2ccccc12. The smallest absolute Gasteiger partial charge is 0.262 e. The van der Waals surface area contributed by atoms with Gasteiger partial charge in [-0.2, -0.15) is 5.10 Å². The van der Waals surface area contributed by atoms with E-state index in [2.05, 4.69) is 40.3 Å². The molecule has 3 rings (SSSR count). The predicted molar refractivity (Wildman–Crippen MR) is 131 cm³/mol. The molecule has 0 aliphatic carbocycles. The molecule has 0 saturated carbocycles. The number of halogens is 2. The topological polar surface area (TPSA) is 75.5 Å². The highest BCUT2D eigenvalue weighted by atomic mass is 35.5. The van der Waals surface area contributed by atoms with Gasteiger partial charge in [-0.25, -0.2) is 5.43 Å². The van der Waals surface area contributed by atoms with Crippen molar-refractivity contribution in [2.45, 2.75) is 39.8 Å². The van der Waals surface area contributed by atoms with Crippen LogP contribution in [-0.2, 0) is 4.79 Å². The van der Waals surface area contributed by atoms with Crippen LogP contribution in [0.2, 0.25) is 10.0 Å². The van der Waals surface area contributed by atoms with Gasteiger partial charge in [0.05, 0.1) is 16.8 Å². The lowest BCUT2D eigenvalue weighted by molar-refractivity contribution is -0.123. The Morgan fingerprint density at radius 1 is 1.06 bits per heavy atom. The number of nitrogens with one attached hydrogen (secondary N) is 2. The van der Waals surface area contributed by atoms with E-state index in [1.54, 1.807) is 12.3 Å². The third kappa shape index (κ3) is 5.31. The molecule has 0 bridgehead atoms. The highest BCUT2D eigenvalue weighted by Crippen LogP contribution is 2.23. The number of hydrazone groups is 1. The van der Waals surface area contributed by atoms with Crippen LogP contribution in [0.1, 0.15) is 49.7 Å². The maximum Gasteiger partial charge on any atom is 0.262 e. The summed E-state index contributed by atoms with van der Waals surface area (Å²) in [6.07, 6.45) is 3.63. The van der Waals surface area contributed by atoms with Crippen molar-refractivity contribution < 1.29 is 9.59 Å². The monoisotopic (exact) mass is 472 g/mol. The summed E-state index contributed by atoms with van der Waals surface area (Å²) in [6, 6.07) is 12.1. The first-order valence-corrected chi connectivity index (χ1v) is 11.1. The molecule has 0 unspecified atom stereocenters. The van der Waals surface area contributed by atoms with Gasteiger partial charge in [-0.15, -0.1) is 0 Å². The summed E-state index contributed by atoms with van der Waals surface area (Å²) in [5.41, 5.74) is 4.79. The number of hydrogen-bond donors (Lipinski definition) is 2. The maximum atomic E-state index is 12.8. The van der Waals surface area contributed by atoms with Crippen LogP contribution < -0.4 is 10.7 Å². The Hall–Kier alpha value is -2.83. The van der Waals surface area contributed by atoms with E-state index >= 15 is 0 Å². The minimum absolute atomic E-state index is 0.164. The average Bonchev–Trinajstić information content (AvgIpc) is 3.10. The first-order valence-electron chi connectivity index (χ1n) is 10.4. The quantitative estimate of drug-likeness (QED) is 0.355. The van der Waals surface area contributed by atoms with Crippen LogP contribution in [0.15, 0.2) is 53.8 Å². The summed E-state index contributed by atoms with van der Waals surface area (Å²) >= 11 is 12.0. The zero-order valence-corrected chi connectivity index (χ0v) is 19.9. The number of hydrogen-bond acceptors (Lipinski definition) is 3. The molecule has 0 aliphatic heterocycles. The lowest BCUT2D eigenvalue weighted by atomic mass is 10.0. The van der Waals surface area contributed by atoms with Gasteiger partial charge in [0.2, 0.25) is 0 Å². The number of para-hydroxylation sites is 1. The summed E-state index contributed by atoms with van der Waals surface area (Å²) in [6.45, 7) is 7.90. The third-order valence-corrected chi connectivity index (χ3v) is 5.67. The Labute approximate surface area is 197 Å². The van der Waals surface area contributed by atoms with Crippen molar-refractivity contribution >= 4 is 52.1 Å². The van der Waals surface area contributed by atoms with Crippen molar-refractivity contribution in [1.29, 1.82) is 0 Å². The molecule has 3 aromatic rings. The van der Waals surface area contributed by atoms with Crippen LogP contribution in [0.3, 0.4) is 0 Å². The Kier molecular flexibility index (Phi) is 7.59. The second-order valence-electron chi connectivity index (χ2n) is 8.16. The molecule has 1 atom stereocenters. The van der Waals surface area contributed by atoms with E-state index in [1.807, 2.05) is 38.2 Å². The van der Waals surface area contributed by atoms with Gasteiger partial charge < -0.3 is 9.88 Å². The number of benzene rings is 2. The molecule has 0 spiro atoms. The zero-order chi connectivity index (χ0) is 23.4. The zero-order valence-electron chi connectivity index (χ0n) is 18.4. The maximum absolute atomic E-state index is 12.8. The minimum atomic E-state index is -0.789. The van der Waals surface area contributed by atoms with Crippen molar-refractivity contribution in [3.63, 3.8) is 0 Å². The van der Waals surface area contributed by atoms with Gasteiger partial charge in [0.15, 0.2) is 0 Å². The number of carbonyl (C=O) groups is 2. The van der Waals surface area contributed by atoms with Crippen molar-refractivity contribution in [3.8, 4) is 0 Å². The molecule has 168 valence electrons. The summed E-state index contributed by atoms with van der Waals surface area (Å²) in [4.78, 5) is 25.4. The number of rotatable bonds is 7. The molecular weight excluding hydrogens is 447 g/mol. The van der Waals surface area contributed by atoms with Crippen LogP contribution in [0, 0.1) is 5.92 Å². The molecule has 32 heavy (non-hydrogen) atoms. The summed E-state index contributed by atoms with van der Waals surface area (Å²) in [5.74, 6) is -1.03. The molecule has 6 nitrogen and oxygen atoms in total. The number of nitrogens with zero attached hydrogens (tertiary/aromatic N) is 2. The number of aromatic nitrogens is 1. The van der Waals surface area contributed by atoms with Gasteiger partial charge in [-0.05, 0) is 44.0 Å². The first kappa shape index (κ1) is 23.8. The van der Waals surface area contributed by atoms with Gasteiger partial charge >= 0.3 is 0 Å². The average molecular weight is 473 g/mol. The van der Waals surface area contributed by atoms with E-state index in [-0.39, 0.29) is 22.5 Å². The minimum Gasteiger partial charge on any atom is -0.344 e. The van der Waals surface area contributed by atoms with Crippen molar-refractivity contribution in [2.75, 3.05) is 0 Å². The van der Waals surface area contributed by atoms with E-state index in [0.717, 1.165) is 16.5 Å². The molecule has 1 heterocycles. The number of carbonyl (C=O) groups excluding carboxylic acids is 2. The van der Waals surface area contributed by atoms with E-state index in [0.29, 0.717) is 5.02 Å². The van der Waals surface area contributed by atoms with Crippen molar-refractivity contribution in [3.05, 3.63) is 69.8 Å². The highest BCUT2D eigenvalue weighted by molar-refractivity contribution is 6.36. The standard InChI is InChI=1S/C24H26Cl2N4O2/c1-14(2)22(28-23(31)19-10-9-17(25)11-20(19)26)24(32)29-27-12-16-13-30(15(3)4)21-8-6-5-7-18(16)21/h5-15,22H,1-4H3,(H,28,31)(H,29,32)/b27-12-/t22-/m1/s1. The number of fused-ring (bicyclic) bond motifs is 1. The normalized spacial score (nSPS) is 12.6.